The van der Waals surface area contributed by atoms with E-state index in [0.717, 1.165) is 5.56 Å². The molecule has 0 aliphatic carbocycles. The van der Waals surface area contributed by atoms with E-state index in [2.05, 4.69) is 0 Å². The van der Waals surface area contributed by atoms with Crippen LogP contribution in [0, 0.1) is 0 Å². The van der Waals surface area contributed by atoms with Gasteiger partial charge in [0.1, 0.15) is 6.61 Å². The van der Waals surface area contributed by atoms with Gasteiger partial charge in [0, 0.05) is 6.54 Å². The van der Waals surface area contributed by atoms with Crippen molar-refractivity contribution in [2.75, 3.05) is 19.7 Å². The average molecular weight is 307 g/mol. The molecule has 0 aromatic heterocycles. The Morgan fingerprint density at radius 3 is 2.68 bits per heavy atom. The normalized spacial score (nSPS) is 21.3. The molecule has 1 aromatic rings. The number of aliphatic hydroxyl groups is 1. The molecule has 1 saturated heterocycles. The minimum Gasteiger partial charge on any atom is -0.464 e. The number of benzene rings is 1. The standard InChI is InChI=1S/C16H21NO5/c1-2-21-14(18)16(20)9-6-10-17(12-16)15(19)22-11-13-7-4-3-5-8-13/h3-5,7-8,20H,2,6,9-12H2,1H3. The van der Waals surface area contributed by atoms with Gasteiger partial charge in [0.05, 0.1) is 13.2 Å². The third-order valence-electron chi connectivity index (χ3n) is 3.59. The van der Waals surface area contributed by atoms with Crippen molar-refractivity contribution in [1.29, 1.82) is 0 Å². The predicted octanol–water partition coefficient (Wildman–Crippen LogP) is 1.71. The number of likely N-dealkylation sites (tertiary alicyclic amines) is 1. The van der Waals surface area contributed by atoms with Crippen LogP contribution in [-0.4, -0.2) is 47.4 Å². The first-order chi connectivity index (χ1) is 10.5. The molecule has 0 spiro atoms. The van der Waals surface area contributed by atoms with Gasteiger partial charge in [-0.15, -0.1) is 0 Å². The highest BCUT2D eigenvalue weighted by Crippen LogP contribution is 2.23. The Hall–Kier alpha value is -2.08. The molecule has 1 aromatic carbocycles. The predicted molar refractivity (Wildman–Crippen MR) is 79.0 cm³/mol. The number of piperidine rings is 1. The Labute approximate surface area is 129 Å². The lowest BCUT2D eigenvalue weighted by atomic mass is 9.93. The van der Waals surface area contributed by atoms with Gasteiger partial charge in [0.15, 0.2) is 5.60 Å². The van der Waals surface area contributed by atoms with Crippen LogP contribution in [0.3, 0.4) is 0 Å². The summed E-state index contributed by atoms with van der Waals surface area (Å²) >= 11 is 0. The van der Waals surface area contributed by atoms with Crippen molar-refractivity contribution in [2.45, 2.75) is 32.0 Å². The Bertz CT molecular complexity index is 519. The number of amides is 1. The molecule has 1 N–H and O–H groups in total. The highest BCUT2D eigenvalue weighted by Gasteiger charge is 2.43. The Morgan fingerprint density at radius 1 is 1.27 bits per heavy atom. The number of carbonyl (C=O) groups is 2. The molecule has 6 nitrogen and oxygen atoms in total. The Balaban J connectivity index is 1.91. The van der Waals surface area contributed by atoms with E-state index < -0.39 is 17.7 Å². The van der Waals surface area contributed by atoms with E-state index in [1.54, 1.807) is 6.92 Å². The quantitative estimate of drug-likeness (QED) is 0.857. The van der Waals surface area contributed by atoms with Gasteiger partial charge in [-0.3, -0.25) is 0 Å². The first-order valence-electron chi connectivity index (χ1n) is 7.40. The SMILES string of the molecule is CCOC(=O)C1(O)CCCN(C(=O)OCc2ccccc2)C1. The zero-order chi connectivity index (χ0) is 16.0. The summed E-state index contributed by atoms with van der Waals surface area (Å²) in [6.07, 6.45) is 0.274. The second kappa shape index (κ2) is 7.26. The molecule has 0 saturated carbocycles. The van der Waals surface area contributed by atoms with E-state index in [9.17, 15) is 14.7 Å². The van der Waals surface area contributed by atoms with Crippen LogP contribution in [0.1, 0.15) is 25.3 Å². The summed E-state index contributed by atoms with van der Waals surface area (Å²) in [7, 11) is 0. The first-order valence-corrected chi connectivity index (χ1v) is 7.40. The van der Waals surface area contributed by atoms with E-state index in [0.29, 0.717) is 13.0 Å². The zero-order valence-electron chi connectivity index (χ0n) is 12.7. The maximum absolute atomic E-state index is 12.1. The first kappa shape index (κ1) is 16.3. The number of hydrogen-bond donors (Lipinski definition) is 1. The third-order valence-corrected chi connectivity index (χ3v) is 3.59. The van der Waals surface area contributed by atoms with Crippen LogP contribution in [0.25, 0.3) is 0 Å². The van der Waals surface area contributed by atoms with Crippen molar-refractivity contribution in [3.63, 3.8) is 0 Å². The molecule has 22 heavy (non-hydrogen) atoms. The summed E-state index contributed by atoms with van der Waals surface area (Å²) in [6.45, 7) is 2.39. The summed E-state index contributed by atoms with van der Waals surface area (Å²) < 4.78 is 10.1. The number of hydrogen-bond acceptors (Lipinski definition) is 5. The molecule has 1 atom stereocenters. The monoisotopic (exact) mass is 307 g/mol. The molecule has 1 heterocycles. The van der Waals surface area contributed by atoms with Gasteiger partial charge in [0.25, 0.3) is 0 Å². The summed E-state index contributed by atoms with van der Waals surface area (Å²) in [5.74, 6) is -0.685. The van der Waals surface area contributed by atoms with E-state index >= 15 is 0 Å². The lowest BCUT2D eigenvalue weighted by molar-refractivity contribution is -0.169. The second-order valence-electron chi connectivity index (χ2n) is 5.32. The fourth-order valence-electron chi connectivity index (χ4n) is 2.43. The average Bonchev–Trinajstić information content (AvgIpc) is 2.54. The minimum atomic E-state index is -1.64. The van der Waals surface area contributed by atoms with Crippen LogP contribution in [0.4, 0.5) is 4.79 Å². The Morgan fingerprint density at radius 2 is 2.00 bits per heavy atom. The van der Waals surface area contributed by atoms with Gasteiger partial charge < -0.3 is 19.5 Å². The van der Waals surface area contributed by atoms with Crippen molar-refractivity contribution >= 4 is 12.1 Å². The van der Waals surface area contributed by atoms with Gasteiger partial charge in [-0.2, -0.15) is 0 Å². The van der Waals surface area contributed by atoms with Crippen molar-refractivity contribution < 1.29 is 24.2 Å². The van der Waals surface area contributed by atoms with Gasteiger partial charge in [0.2, 0.25) is 0 Å². The highest BCUT2D eigenvalue weighted by atomic mass is 16.6. The summed E-state index contributed by atoms with van der Waals surface area (Å²) in [6, 6.07) is 9.33. The molecule has 1 unspecified atom stereocenters. The fraction of sp³-hybridized carbons (Fsp3) is 0.500. The van der Waals surface area contributed by atoms with Crippen LogP contribution in [0.2, 0.25) is 0 Å². The van der Waals surface area contributed by atoms with Crippen LogP contribution in [-0.2, 0) is 20.9 Å². The smallest absolute Gasteiger partial charge is 0.410 e. The molecule has 1 aliphatic heterocycles. The van der Waals surface area contributed by atoms with Crippen molar-refractivity contribution in [2.24, 2.45) is 0 Å². The lowest BCUT2D eigenvalue weighted by Gasteiger charge is -2.36. The van der Waals surface area contributed by atoms with Gasteiger partial charge in [-0.1, -0.05) is 30.3 Å². The number of esters is 1. The summed E-state index contributed by atoms with van der Waals surface area (Å²) in [5, 5.41) is 10.4. The molecule has 1 fully saturated rings. The molecule has 120 valence electrons. The maximum Gasteiger partial charge on any atom is 0.410 e. The number of carbonyl (C=O) groups excluding carboxylic acids is 2. The molecule has 1 aliphatic rings. The molecular weight excluding hydrogens is 286 g/mol. The number of rotatable bonds is 4. The maximum atomic E-state index is 12.1. The van der Waals surface area contributed by atoms with Crippen LogP contribution >= 0.6 is 0 Å². The second-order valence-corrected chi connectivity index (χ2v) is 5.32. The van der Waals surface area contributed by atoms with Crippen LogP contribution in [0.5, 0.6) is 0 Å². The number of nitrogens with zero attached hydrogens (tertiary/aromatic N) is 1. The molecule has 2 rings (SSSR count). The third kappa shape index (κ3) is 3.98. The van der Waals surface area contributed by atoms with Crippen LogP contribution < -0.4 is 0 Å². The van der Waals surface area contributed by atoms with Crippen molar-refractivity contribution in [1.82, 2.24) is 4.90 Å². The van der Waals surface area contributed by atoms with E-state index in [1.165, 1.54) is 4.90 Å². The number of β-amino-alcohol motifs (C(OH)–C–C–N with tert-alkyl or cyclic N) is 1. The van der Waals surface area contributed by atoms with E-state index in [1.807, 2.05) is 30.3 Å². The highest BCUT2D eigenvalue weighted by molar-refractivity contribution is 5.81. The van der Waals surface area contributed by atoms with E-state index in [-0.39, 0.29) is 26.2 Å². The largest absolute Gasteiger partial charge is 0.464 e. The van der Waals surface area contributed by atoms with E-state index in [4.69, 9.17) is 9.47 Å². The number of ether oxygens (including phenoxy) is 2. The summed E-state index contributed by atoms with van der Waals surface area (Å²) in [5.41, 5.74) is -0.756. The van der Waals surface area contributed by atoms with Gasteiger partial charge in [-0.05, 0) is 25.3 Å². The topological polar surface area (TPSA) is 76.1 Å². The lowest BCUT2D eigenvalue weighted by Crippen LogP contribution is -2.55. The molecule has 1 amide bonds. The molecule has 0 radical (unpaired) electrons. The molecule has 0 bridgehead atoms. The fourth-order valence-corrected chi connectivity index (χ4v) is 2.43. The van der Waals surface area contributed by atoms with Gasteiger partial charge in [-0.25, -0.2) is 9.59 Å². The minimum absolute atomic E-state index is 0.0978. The Kier molecular flexibility index (Phi) is 5.38. The van der Waals surface area contributed by atoms with Crippen molar-refractivity contribution in [3.05, 3.63) is 35.9 Å². The van der Waals surface area contributed by atoms with Crippen molar-refractivity contribution in [3.8, 4) is 0 Å². The molecular formula is C16H21NO5. The molecule has 6 heteroatoms. The zero-order valence-corrected chi connectivity index (χ0v) is 12.7. The summed E-state index contributed by atoms with van der Waals surface area (Å²) in [4.78, 5) is 25.2. The van der Waals surface area contributed by atoms with Crippen LogP contribution in [0.15, 0.2) is 30.3 Å². The van der Waals surface area contributed by atoms with Gasteiger partial charge >= 0.3 is 12.1 Å².